The fourth-order valence-electron chi connectivity index (χ4n) is 4.17. The number of amides is 1. The third kappa shape index (κ3) is 3.54. The number of aromatic nitrogens is 3. The molecule has 174 valence electrons. The number of hydrogen-bond acceptors (Lipinski definition) is 7. The summed E-state index contributed by atoms with van der Waals surface area (Å²) in [5.41, 5.74) is 10.4. The maximum absolute atomic E-state index is 13.5. The van der Waals surface area contributed by atoms with E-state index in [9.17, 15) is 4.79 Å². The van der Waals surface area contributed by atoms with Crippen LogP contribution >= 0.6 is 0 Å². The first-order valence-corrected chi connectivity index (χ1v) is 11.1. The van der Waals surface area contributed by atoms with E-state index in [-0.39, 0.29) is 24.1 Å². The van der Waals surface area contributed by atoms with Gasteiger partial charge in [-0.05, 0) is 55.5 Å². The Labute approximate surface area is 200 Å². The summed E-state index contributed by atoms with van der Waals surface area (Å²) in [5, 5.41) is 2.91. The Kier molecular flexibility index (Phi) is 4.88. The molecule has 6 rings (SSSR count). The van der Waals surface area contributed by atoms with E-state index in [1.165, 1.54) is 0 Å². The van der Waals surface area contributed by atoms with Gasteiger partial charge in [0.2, 0.25) is 6.79 Å². The van der Waals surface area contributed by atoms with Crippen molar-refractivity contribution in [1.29, 1.82) is 0 Å². The largest absolute Gasteiger partial charge is 0.494 e. The smallest absolute Gasteiger partial charge is 0.261 e. The normalized spacial score (nSPS) is 12.3. The summed E-state index contributed by atoms with van der Waals surface area (Å²) in [6.45, 7) is 2.63. The first kappa shape index (κ1) is 20.8. The molecule has 3 heterocycles. The molecule has 0 bridgehead atoms. The number of fused-ring (bicyclic) bond motifs is 3. The number of benzene rings is 3. The highest BCUT2D eigenvalue weighted by molar-refractivity contribution is 6.16. The summed E-state index contributed by atoms with van der Waals surface area (Å²) >= 11 is 0. The van der Waals surface area contributed by atoms with Gasteiger partial charge in [-0.1, -0.05) is 12.1 Å². The first-order valence-electron chi connectivity index (χ1n) is 11.1. The zero-order valence-electron chi connectivity index (χ0n) is 18.8. The minimum absolute atomic E-state index is 0.154. The molecule has 0 unspecified atom stereocenters. The Morgan fingerprint density at radius 3 is 2.54 bits per heavy atom. The number of para-hydroxylation sites is 2. The van der Waals surface area contributed by atoms with E-state index in [2.05, 4.69) is 5.32 Å². The van der Waals surface area contributed by atoms with Crippen LogP contribution in [0, 0.1) is 0 Å². The van der Waals surface area contributed by atoms with E-state index < -0.39 is 0 Å². The van der Waals surface area contributed by atoms with Gasteiger partial charge >= 0.3 is 0 Å². The molecule has 3 N–H and O–H groups in total. The maximum Gasteiger partial charge on any atom is 0.261 e. The Bertz CT molecular complexity index is 1590. The minimum Gasteiger partial charge on any atom is -0.494 e. The van der Waals surface area contributed by atoms with Crippen molar-refractivity contribution in [2.24, 2.45) is 0 Å². The highest BCUT2D eigenvalue weighted by Gasteiger charge is 2.26. The number of carbonyl (C=O) groups excluding carboxylic acids is 1. The number of carbonyl (C=O) groups is 1. The molecular formula is C26H21N5O4. The van der Waals surface area contributed by atoms with Crippen molar-refractivity contribution in [3.63, 3.8) is 0 Å². The van der Waals surface area contributed by atoms with Crippen LogP contribution in [0.4, 0.5) is 11.5 Å². The van der Waals surface area contributed by atoms with Gasteiger partial charge in [0, 0.05) is 11.8 Å². The minimum atomic E-state index is -0.388. The van der Waals surface area contributed by atoms with Gasteiger partial charge in [0.25, 0.3) is 5.91 Å². The van der Waals surface area contributed by atoms with Crippen molar-refractivity contribution in [3.05, 3.63) is 72.3 Å². The van der Waals surface area contributed by atoms with Crippen LogP contribution in [0.5, 0.6) is 17.2 Å². The molecule has 0 radical (unpaired) electrons. The van der Waals surface area contributed by atoms with Crippen LogP contribution in [-0.4, -0.2) is 33.8 Å². The molecule has 0 spiro atoms. The van der Waals surface area contributed by atoms with Gasteiger partial charge < -0.3 is 25.3 Å². The van der Waals surface area contributed by atoms with Gasteiger partial charge in [-0.15, -0.1) is 0 Å². The number of hydrogen-bond donors (Lipinski definition) is 2. The molecule has 0 atom stereocenters. The van der Waals surface area contributed by atoms with Crippen molar-refractivity contribution in [2.45, 2.75) is 6.92 Å². The SMILES string of the molecule is CCOc1ccc(NC(=O)c2c(N)n(-c3ccc4c(c3)OCO4)c3nc4ccccc4nc23)cc1. The Hall–Kier alpha value is -4.79. The molecule has 0 saturated heterocycles. The predicted octanol–water partition coefficient (Wildman–Crippen LogP) is 4.54. The highest BCUT2D eigenvalue weighted by Crippen LogP contribution is 2.37. The zero-order valence-corrected chi connectivity index (χ0v) is 18.8. The number of anilines is 2. The quantitative estimate of drug-likeness (QED) is 0.390. The molecule has 2 aromatic heterocycles. The Balaban J connectivity index is 1.50. The molecule has 0 fully saturated rings. The Morgan fingerprint density at radius 1 is 1.03 bits per heavy atom. The lowest BCUT2D eigenvalue weighted by molar-refractivity contribution is 0.102. The van der Waals surface area contributed by atoms with Crippen molar-refractivity contribution in [2.75, 3.05) is 24.5 Å². The second-order valence-electron chi connectivity index (χ2n) is 7.93. The standard InChI is InChI=1S/C26H21N5O4/c1-2-33-17-10-7-15(8-11-17)28-26(32)22-23-25(30-19-6-4-3-5-18(19)29-23)31(24(22)27)16-9-12-20-21(13-16)35-14-34-20/h3-13H,2,14,27H2,1H3,(H,28,32). The average molecular weight is 467 g/mol. The first-order chi connectivity index (χ1) is 17.1. The third-order valence-corrected chi connectivity index (χ3v) is 5.76. The van der Waals surface area contributed by atoms with Crippen molar-refractivity contribution >= 4 is 39.6 Å². The van der Waals surface area contributed by atoms with Gasteiger partial charge in [0.1, 0.15) is 22.6 Å². The highest BCUT2D eigenvalue weighted by atomic mass is 16.7. The van der Waals surface area contributed by atoms with Gasteiger partial charge in [-0.25, -0.2) is 9.97 Å². The third-order valence-electron chi connectivity index (χ3n) is 5.76. The number of ether oxygens (including phenoxy) is 3. The lowest BCUT2D eigenvalue weighted by Gasteiger charge is -2.09. The summed E-state index contributed by atoms with van der Waals surface area (Å²) in [7, 11) is 0. The molecule has 9 nitrogen and oxygen atoms in total. The van der Waals surface area contributed by atoms with Gasteiger partial charge in [0.15, 0.2) is 17.1 Å². The lowest BCUT2D eigenvalue weighted by atomic mass is 10.2. The van der Waals surface area contributed by atoms with Crippen LogP contribution in [0.15, 0.2) is 66.7 Å². The molecule has 0 aliphatic carbocycles. The summed E-state index contributed by atoms with van der Waals surface area (Å²) in [6, 6.07) is 20.1. The van der Waals surface area contributed by atoms with E-state index in [0.717, 1.165) is 5.75 Å². The number of rotatable bonds is 5. The van der Waals surface area contributed by atoms with Crippen molar-refractivity contribution in [1.82, 2.24) is 14.5 Å². The van der Waals surface area contributed by atoms with E-state index in [1.54, 1.807) is 34.9 Å². The lowest BCUT2D eigenvalue weighted by Crippen LogP contribution is -2.14. The topological polar surface area (TPSA) is 114 Å². The summed E-state index contributed by atoms with van der Waals surface area (Å²) < 4.78 is 18.2. The Morgan fingerprint density at radius 2 is 1.77 bits per heavy atom. The number of nitrogens with two attached hydrogens (primary N) is 1. The summed E-state index contributed by atoms with van der Waals surface area (Å²) in [5.74, 6) is 1.80. The van der Waals surface area contributed by atoms with E-state index in [0.29, 0.717) is 51.7 Å². The molecule has 5 aromatic rings. The van der Waals surface area contributed by atoms with Crippen LogP contribution in [0.1, 0.15) is 17.3 Å². The summed E-state index contributed by atoms with van der Waals surface area (Å²) in [6.07, 6.45) is 0. The molecule has 9 heteroatoms. The second-order valence-corrected chi connectivity index (χ2v) is 7.93. The van der Waals surface area contributed by atoms with Crippen molar-refractivity contribution in [3.8, 4) is 22.9 Å². The van der Waals surface area contributed by atoms with Gasteiger partial charge in [-0.3, -0.25) is 9.36 Å². The second kappa shape index (κ2) is 8.21. The monoisotopic (exact) mass is 467 g/mol. The summed E-state index contributed by atoms with van der Waals surface area (Å²) in [4.78, 5) is 23.0. The van der Waals surface area contributed by atoms with Crippen LogP contribution in [0.25, 0.3) is 27.9 Å². The number of nitrogens with one attached hydrogen (secondary N) is 1. The van der Waals surface area contributed by atoms with Crippen molar-refractivity contribution < 1.29 is 19.0 Å². The van der Waals surface area contributed by atoms with Gasteiger partial charge in [0.05, 0.1) is 23.3 Å². The van der Waals surface area contributed by atoms with E-state index in [4.69, 9.17) is 29.9 Å². The molecule has 3 aromatic carbocycles. The maximum atomic E-state index is 13.5. The molecular weight excluding hydrogens is 446 g/mol. The molecule has 35 heavy (non-hydrogen) atoms. The molecule has 0 saturated carbocycles. The number of nitrogen functional groups attached to an aromatic ring is 1. The fraction of sp³-hybridized carbons (Fsp3) is 0.115. The van der Waals surface area contributed by atoms with Crippen LogP contribution < -0.4 is 25.3 Å². The van der Waals surface area contributed by atoms with Gasteiger partial charge in [-0.2, -0.15) is 0 Å². The predicted molar refractivity (Wildman–Crippen MR) is 132 cm³/mol. The molecule has 1 amide bonds. The zero-order chi connectivity index (χ0) is 23.9. The van der Waals surface area contributed by atoms with E-state index >= 15 is 0 Å². The molecule has 1 aliphatic heterocycles. The van der Waals surface area contributed by atoms with Crippen LogP contribution in [0.3, 0.4) is 0 Å². The van der Waals surface area contributed by atoms with Crippen LogP contribution in [0.2, 0.25) is 0 Å². The number of nitrogens with zero attached hydrogens (tertiary/aromatic N) is 3. The fourth-order valence-corrected chi connectivity index (χ4v) is 4.17. The van der Waals surface area contributed by atoms with Crippen LogP contribution in [-0.2, 0) is 0 Å². The average Bonchev–Trinajstić information content (AvgIpc) is 3.44. The van der Waals surface area contributed by atoms with E-state index in [1.807, 2.05) is 43.3 Å². The molecule has 1 aliphatic rings.